The van der Waals surface area contributed by atoms with E-state index in [1.165, 1.54) is 0 Å². The summed E-state index contributed by atoms with van der Waals surface area (Å²) < 4.78 is 0. The molecule has 3 atom stereocenters. The molecule has 1 fully saturated rings. The summed E-state index contributed by atoms with van der Waals surface area (Å²) in [6.07, 6.45) is 4.24. The summed E-state index contributed by atoms with van der Waals surface area (Å²) in [4.78, 5) is 14.5. The Kier molecular flexibility index (Phi) is 4.59. The predicted octanol–water partition coefficient (Wildman–Crippen LogP) is 2.40. The Morgan fingerprint density at radius 1 is 1.41 bits per heavy atom. The summed E-state index contributed by atoms with van der Waals surface area (Å²) in [7, 11) is 1.92. The summed E-state index contributed by atoms with van der Waals surface area (Å²) in [6, 6.07) is 0.0429. The molecule has 0 spiro atoms. The normalized spacial score (nSPS) is 30.1. The van der Waals surface area contributed by atoms with E-state index in [9.17, 15) is 4.79 Å². The van der Waals surface area contributed by atoms with Gasteiger partial charge in [0.05, 0.1) is 5.92 Å². The zero-order valence-corrected chi connectivity index (χ0v) is 12.0. The third kappa shape index (κ3) is 3.01. The van der Waals surface area contributed by atoms with Gasteiger partial charge in [-0.2, -0.15) is 0 Å². The molecule has 0 saturated heterocycles. The molecule has 0 bridgehead atoms. The van der Waals surface area contributed by atoms with E-state index >= 15 is 0 Å². The van der Waals surface area contributed by atoms with Crippen molar-refractivity contribution in [2.45, 2.75) is 65.0 Å². The van der Waals surface area contributed by atoms with Crippen LogP contribution in [0.15, 0.2) is 0 Å². The smallest absolute Gasteiger partial charge is 0.227 e. The maximum Gasteiger partial charge on any atom is 0.227 e. The molecule has 1 aliphatic carbocycles. The van der Waals surface area contributed by atoms with Gasteiger partial charge >= 0.3 is 0 Å². The molecule has 0 aromatic carbocycles. The van der Waals surface area contributed by atoms with Gasteiger partial charge in [0.25, 0.3) is 0 Å². The van der Waals surface area contributed by atoms with Gasteiger partial charge in [-0.3, -0.25) is 4.79 Å². The second kappa shape index (κ2) is 5.38. The minimum absolute atomic E-state index is 0.0135. The fourth-order valence-electron chi connectivity index (χ4n) is 2.64. The number of nitrogens with zero attached hydrogens (tertiary/aromatic N) is 1. The maximum absolute atomic E-state index is 12.6. The molecule has 0 aliphatic heterocycles. The van der Waals surface area contributed by atoms with Crippen LogP contribution in [-0.4, -0.2) is 29.4 Å². The van der Waals surface area contributed by atoms with Crippen LogP contribution in [0, 0.1) is 11.8 Å². The molecule has 3 nitrogen and oxygen atoms in total. The van der Waals surface area contributed by atoms with Crippen molar-refractivity contribution < 1.29 is 4.79 Å². The number of rotatable bonds is 3. The van der Waals surface area contributed by atoms with Gasteiger partial charge in [0.2, 0.25) is 5.91 Å². The van der Waals surface area contributed by atoms with E-state index in [4.69, 9.17) is 5.73 Å². The fraction of sp³-hybridized carbons (Fsp3) is 0.929. The van der Waals surface area contributed by atoms with E-state index in [-0.39, 0.29) is 23.4 Å². The van der Waals surface area contributed by atoms with Crippen molar-refractivity contribution in [2.75, 3.05) is 7.05 Å². The van der Waals surface area contributed by atoms with Crippen LogP contribution in [0.2, 0.25) is 0 Å². The highest BCUT2D eigenvalue weighted by molar-refractivity contribution is 5.80. The Morgan fingerprint density at radius 2 is 2.00 bits per heavy atom. The van der Waals surface area contributed by atoms with Crippen LogP contribution < -0.4 is 5.73 Å². The van der Waals surface area contributed by atoms with E-state index in [0.29, 0.717) is 5.92 Å². The number of amides is 1. The number of nitrogens with two attached hydrogens (primary N) is 1. The lowest BCUT2D eigenvalue weighted by Gasteiger charge is -2.41. The van der Waals surface area contributed by atoms with Gasteiger partial charge < -0.3 is 10.6 Å². The molecule has 17 heavy (non-hydrogen) atoms. The molecule has 3 unspecified atom stereocenters. The molecular formula is C14H28N2O. The topological polar surface area (TPSA) is 46.3 Å². The largest absolute Gasteiger partial charge is 0.340 e. The Balaban J connectivity index is 2.80. The first kappa shape index (κ1) is 14.5. The molecular weight excluding hydrogens is 212 g/mol. The second-order valence-corrected chi connectivity index (χ2v) is 6.16. The summed E-state index contributed by atoms with van der Waals surface area (Å²) in [5.41, 5.74) is 6.07. The van der Waals surface area contributed by atoms with E-state index in [2.05, 4.69) is 27.7 Å². The molecule has 2 N–H and O–H groups in total. The number of carbonyl (C=O) groups is 1. The highest BCUT2D eigenvalue weighted by atomic mass is 16.2. The molecule has 1 amide bonds. The van der Waals surface area contributed by atoms with Crippen LogP contribution in [0.4, 0.5) is 0 Å². The minimum atomic E-state index is -0.0754. The molecule has 0 radical (unpaired) electrons. The molecule has 0 aromatic heterocycles. The van der Waals surface area contributed by atoms with E-state index in [0.717, 1.165) is 25.7 Å². The van der Waals surface area contributed by atoms with Gasteiger partial charge in [0.1, 0.15) is 0 Å². The zero-order valence-electron chi connectivity index (χ0n) is 12.0. The van der Waals surface area contributed by atoms with Crippen molar-refractivity contribution in [1.82, 2.24) is 4.90 Å². The summed E-state index contributed by atoms with van der Waals surface area (Å²) in [6.45, 7) is 8.51. The highest BCUT2D eigenvalue weighted by Gasteiger charge is 2.38. The van der Waals surface area contributed by atoms with Gasteiger partial charge in [0, 0.05) is 18.6 Å². The Hall–Kier alpha value is -0.570. The Morgan fingerprint density at radius 3 is 2.47 bits per heavy atom. The molecule has 100 valence electrons. The average molecular weight is 240 g/mol. The summed E-state index contributed by atoms with van der Waals surface area (Å²) >= 11 is 0. The highest BCUT2D eigenvalue weighted by Crippen LogP contribution is 2.32. The van der Waals surface area contributed by atoms with Crippen molar-refractivity contribution in [3.8, 4) is 0 Å². The van der Waals surface area contributed by atoms with Gasteiger partial charge in [-0.1, -0.05) is 20.3 Å². The van der Waals surface area contributed by atoms with E-state index in [1.807, 2.05) is 11.9 Å². The van der Waals surface area contributed by atoms with Gasteiger partial charge in [-0.05, 0) is 39.0 Å². The standard InChI is InChI=1S/C14H28N2O/c1-6-14(3,4)16(5)13(17)12-10(2)8-7-9-11(12)15/h10-12H,6-9,15H2,1-5H3. The molecule has 3 heteroatoms. The molecule has 0 heterocycles. The fourth-order valence-corrected chi connectivity index (χ4v) is 2.64. The van der Waals surface area contributed by atoms with Crippen LogP contribution in [0.25, 0.3) is 0 Å². The van der Waals surface area contributed by atoms with Crippen LogP contribution in [0.1, 0.15) is 53.4 Å². The first-order valence-corrected chi connectivity index (χ1v) is 6.84. The SMILES string of the molecule is CCC(C)(C)N(C)C(=O)C1C(C)CCCC1N. The number of hydrogen-bond donors (Lipinski definition) is 1. The lowest BCUT2D eigenvalue weighted by Crippen LogP contribution is -2.53. The van der Waals surface area contributed by atoms with Crippen LogP contribution in [0.5, 0.6) is 0 Å². The van der Waals surface area contributed by atoms with E-state index in [1.54, 1.807) is 0 Å². The third-order valence-electron chi connectivity index (χ3n) is 4.66. The monoisotopic (exact) mass is 240 g/mol. The van der Waals surface area contributed by atoms with Crippen molar-refractivity contribution in [3.63, 3.8) is 0 Å². The predicted molar refractivity (Wildman–Crippen MR) is 71.6 cm³/mol. The van der Waals surface area contributed by atoms with Crippen LogP contribution in [0.3, 0.4) is 0 Å². The maximum atomic E-state index is 12.6. The molecule has 1 aliphatic rings. The first-order chi connectivity index (χ1) is 7.81. The third-order valence-corrected chi connectivity index (χ3v) is 4.66. The second-order valence-electron chi connectivity index (χ2n) is 6.16. The van der Waals surface area contributed by atoms with Gasteiger partial charge in [-0.15, -0.1) is 0 Å². The Labute approximate surface area is 106 Å². The van der Waals surface area contributed by atoms with E-state index < -0.39 is 0 Å². The number of carbonyl (C=O) groups excluding carboxylic acids is 1. The molecule has 0 aromatic rings. The molecule has 1 rings (SSSR count). The lowest BCUT2D eigenvalue weighted by molar-refractivity contribution is -0.142. The lowest BCUT2D eigenvalue weighted by atomic mass is 9.76. The van der Waals surface area contributed by atoms with Crippen molar-refractivity contribution >= 4 is 5.91 Å². The van der Waals surface area contributed by atoms with Gasteiger partial charge in [-0.25, -0.2) is 0 Å². The van der Waals surface area contributed by atoms with Crippen LogP contribution in [-0.2, 0) is 4.79 Å². The first-order valence-electron chi connectivity index (χ1n) is 6.84. The summed E-state index contributed by atoms with van der Waals surface area (Å²) in [5.74, 6) is 0.664. The summed E-state index contributed by atoms with van der Waals surface area (Å²) in [5, 5.41) is 0. The average Bonchev–Trinajstić information content (AvgIpc) is 2.27. The molecule has 1 saturated carbocycles. The Bertz CT molecular complexity index is 265. The zero-order chi connectivity index (χ0) is 13.2. The van der Waals surface area contributed by atoms with Gasteiger partial charge in [0.15, 0.2) is 0 Å². The number of hydrogen-bond acceptors (Lipinski definition) is 2. The minimum Gasteiger partial charge on any atom is -0.340 e. The van der Waals surface area contributed by atoms with Crippen molar-refractivity contribution in [2.24, 2.45) is 17.6 Å². The van der Waals surface area contributed by atoms with Crippen LogP contribution >= 0.6 is 0 Å². The van der Waals surface area contributed by atoms with Crippen molar-refractivity contribution in [1.29, 1.82) is 0 Å². The quantitative estimate of drug-likeness (QED) is 0.823. The van der Waals surface area contributed by atoms with Crippen molar-refractivity contribution in [3.05, 3.63) is 0 Å².